The molecule has 0 unspecified atom stereocenters. The van der Waals surface area contributed by atoms with Crippen molar-refractivity contribution in [2.75, 3.05) is 19.0 Å². The molecule has 0 fully saturated rings. The third-order valence-corrected chi connectivity index (χ3v) is 6.07. The van der Waals surface area contributed by atoms with Gasteiger partial charge in [-0.2, -0.15) is 4.99 Å². The highest BCUT2D eigenvalue weighted by atomic mass is 32.2. The zero-order valence-electron chi connectivity index (χ0n) is 14.5. The van der Waals surface area contributed by atoms with Crippen LogP contribution in [-0.4, -0.2) is 29.4 Å². The van der Waals surface area contributed by atoms with Gasteiger partial charge in [-0.3, -0.25) is 4.79 Å². The van der Waals surface area contributed by atoms with Crippen LogP contribution >= 0.6 is 23.1 Å². The number of carbonyl (C=O) groups excluding carboxylic acids is 1. The lowest BCUT2D eigenvalue weighted by atomic mass is 10.2. The minimum absolute atomic E-state index is 0.238. The summed E-state index contributed by atoms with van der Waals surface area (Å²) in [6.07, 6.45) is 0. The van der Waals surface area contributed by atoms with Crippen LogP contribution in [0.25, 0.3) is 10.2 Å². The first-order chi connectivity index (χ1) is 12.7. The molecule has 1 aliphatic rings. The molecule has 1 aliphatic heterocycles. The van der Waals surface area contributed by atoms with Gasteiger partial charge in [-0.15, -0.1) is 11.8 Å². The quantitative estimate of drug-likeness (QED) is 0.642. The molecule has 2 aromatic carbocycles. The van der Waals surface area contributed by atoms with E-state index in [9.17, 15) is 4.79 Å². The zero-order chi connectivity index (χ0) is 18.1. The number of thiazole rings is 1. The molecule has 1 aromatic heterocycles. The van der Waals surface area contributed by atoms with Crippen molar-refractivity contribution in [1.82, 2.24) is 4.57 Å². The number of carbonyl (C=O) groups is 1. The summed E-state index contributed by atoms with van der Waals surface area (Å²) in [5.41, 5.74) is 1.56. The number of aryl methyl sites for hydroxylation is 1. The van der Waals surface area contributed by atoms with Crippen molar-refractivity contribution in [3.05, 3.63) is 46.8 Å². The van der Waals surface area contributed by atoms with Crippen molar-refractivity contribution in [3.8, 4) is 11.5 Å². The van der Waals surface area contributed by atoms with Crippen LogP contribution in [0.3, 0.4) is 0 Å². The number of hydrogen-bond donors (Lipinski definition) is 0. The number of aromatic nitrogens is 1. The smallest absolute Gasteiger partial charge is 0.279 e. The molecule has 4 rings (SSSR count). The summed E-state index contributed by atoms with van der Waals surface area (Å²) >= 11 is 3.22. The molecule has 1 amide bonds. The van der Waals surface area contributed by atoms with Gasteiger partial charge in [-0.05, 0) is 30.0 Å². The molecule has 7 heteroatoms. The number of thioether (sulfide) groups is 1. The predicted octanol–water partition coefficient (Wildman–Crippen LogP) is 3.86. The van der Waals surface area contributed by atoms with Gasteiger partial charge in [0.25, 0.3) is 5.91 Å². The van der Waals surface area contributed by atoms with Gasteiger partial charge in [0.15, 0.2) is 16.3 Å². The summed E-state index contributed by atoms with van der Waals surface area (Å²) in [4.78, 5) is 18.7. The van der Waals surface area contributed by atoms with E-state index in [4.69, 9.17) is 9.47 Å². The largest absolute Gasteiger partial charge is 0.486 e. The molecule has 134 valence electrons. The van der Waals surface area contributed by atoms with Crippen LogP contribution in [0.4, 0.5) is 0 Å². The van der Waals surface area contributed by atoms with Crippen LogP contribution in [0.15, 0.2) is 46.3 Å². The van der Waals surface area contributed by atoms with E-state index in [0.29, 0.717) is 23.6 Å². The van der Waals surface area contributed by atoms with E-state index in [1.165, 1.54) is 11.3 Å². The highest BCUT2D eigenvalue weighted by Gasteiger charge is 2.15. The molecular formula is C19H18N2O3S2. The Morgan fingerprint density at radius 1 is 1.19 bits per heavy atom. The summed E-state index contributed by atoms with van der Waals surface area (Å²) in [5, 5.41) is 0. The highest BCUT2D eigenvalue weighted by Crippen LogP contribution is 2.35. The molecule has 3 aromatic rings. The molecule has 0 radical (unpaired) electrons. The van der Waals surface area contributed by atoms with Crippen LogP contribution in [0.2, 0.25) is 0 Å². The number of amides is 1. The second-order valence-electron chi connectivity index (χ2n) is 5.78. The maximum atomic E-state index is 12.5. The number of fused-ring (bicyclic) bond motifs is 2. The first kappa shape index (κ1) is 17.2. The van der Waals surface area contributed by atoms with Crippen LogP contribution in [0.1, 0.15) is 17.3 Å². The van der Waals surface area contributed by atoms with Gasteiger partial charge in [0.1, 0.15) is 13.2 Å². The predicted molar refractivity (Wildman–Crippen MR) is 105 cm³/mol. The van der Waals surface area contributed by atoms with Crippen LogP contribution in [0.5, 0.6) is 11.5 Å². The SMILES string of the molecule is CCSc1ccc(C(=O)N=c2sc3cc4c(cc3n2C)OCCO4)cc1. The van der Waals surface area contributed by atoms with Crippen LogP contribution in [-0.2, 0) is 7.05 Å². The standard InChI is InChI=1S/C19H18N2O3S2/c1-3-25-13-6-4-12(5-7-13)18(22)20-19-21(2)14-10-15-16(11-17(14)26-19)24-9-8-23-15/h4-7,10-11H,3,8-9H2,1-2H3. The normalized spacial score (nSPS) is 14.0. The fraction of sp³-hybridized carbons (Fsp3) is 0.263. The lowest BCUT2D eigenvalue weighted by Crippen LogP contribution is -2.15. The Morgan fingerprint density at radius 3 is 2.58 bits per heavy atom. The monoisotopic (exact) mass is 386 g/mol. The first-order valence-corrected chi connectivity index (χ1v) is 10.2. The van der Waals surface area contributed by atoms with Crippen molar-refractivity contribution >= 4 is 39.2 Å². The Bertz CT molecular complexity index is 1040. The van der Waals surface area contributed by atoms with Gasteiger partial charge >= 0.3 is 0 Å². The number of nitrogens with zero attached hydrogens (tertiary/aromatic N) is 2. The number of benzene rings is 2. The minimum Gasteiger partial charge on any atom is -0.486 e. The molecule has 0 bridgehead atoms. The first-order valence-electron chi connectivity index (χ1n) is 8.37. The Kier molecular flexibility index (Phi) is 4.74. The van der Waals surface area contributed by atoms with Crippen LogP contribution in [0, 0.1) is 0 Å². The van der Waals surface area contributed by atoms with Gasteiger partial charge in [-0.1, -0.05) is 18.3 Å². The van der Waals surface area contributed by atoms with E-state index in [1.807, 2.05) is 48.0 Å². The molecule has 0 N–H and O–H groups in total. The van der Waals surface area contributed by atoms with E-state index in [1.54, 1.807) is 11.8 Å². The summed E-state index contributed by atoms with van der Waals surface area (Å²) in [7, 11) is 1.90. The number of rotatable bonds is 3. The second-order valence-corrected chi connectivity index (χ2v) is 8.13. The zero-order valence-corrected chi connectivity index (χ0v) is 16.2. The maximum absolute atomic E-state index is 12.5. The Labute approximate surface area is 159 Å². The maximum Gasteiger partial charge on any atom is 0.279 e. The lowest BCUT2D eigenvalue weighted by molar-refractivity contribution is 0.0998. The van der Waals surface area contributed by atoms with E-state index in [-0.39, 0.29) is 5.91 Å². The van der Waals surface area contributed by atoms with Crippen molar-refractivity contribution in [1.29, 1.82) is 0 Å². The summed E-state index contributed by atoms with van der Waals surface area (Å²) in [6, 6.07) is 11.5. The molecule has 0 saturated carbocycles. The fourth-order valence-corrected chi connectivity index (χ4v) is 4.47. The number of hydrogen-bond acceptors (Lipinski definition) is 5. The Morgan fingerprint density at radius 2 is 1.88 bits per heavy atom. The van der Waals surface area contributed by atoms with Crippen LogP contribution < -0.4 is 14.3 Å². The van der Waals surface area contributed by atoms with E-state index < -0.39 is 0 Å². The lowest BCUT2D eigenvalue weighted by Gasteiger charge is -2.18. The minimum atomic E-state index is -0.238. The molecule has 0 atom stereocenters. The van der Waals surface area contributed by atoms with E-state index in [0.717, 1.165) is 32.4 Å². The average Bonchev–Trinajstić information content (AvgIpc) is 2.95. The van der Waals surface area contributed by atoms with Crippen molar-refractivity contribution < 1.29 is 14.3 Å². The molecule has 0 saturated heterocycles. The summed E-state index contributed by atoms with van der Waals surface area (Å²) in [5.74, 6) is 2.25. The Hall–Kier alpha value is -2.25. The average molecular weight is 386 g/mol. The molecular weight excluding hydrogens is 368 g/mol. The van der Waals surface area contributed by atoms with Gasteiger partial charge in [0, 0.05) is 29.6 Å². The summed E-state index contributed by atoms with van der Waals surface area (Å²) < 4.78 is 14.2. The summed E-state index contributed by atoms with van der Waals surface area (Å²) in [6.45, 7) is 3.21. The third-order valence-electron chi connectivity index (χ3n) is 4.08. The second kappa shape index (κ2) is 7.17. The third kappa shape index (κ3) is 3.24. The van der Waals surface area contributed by atoms with Crippen molar-refractivity contribution in [3.63, 3.8) is 0 Å². The molecule has 2 heterocycles. The van der Waals surface area contributed by atoms with Crippen molar-refractivity contribution in [2.24, 2.45) is 12.0 Å². The Balaban J connectivity index is 1.71. The topological polar surface area (TPSA) is 52.8 Å². The molecule has 0 spiro atoms. The van der Waals surface area contributed by atoms with Crippen molar-refractivity contribution in [2.45, 2.75) is 11.8 Å². The molecule has 0 aliphatic carbocycles. The highest BCUT2D eigenvalue weighted by molar-refractivity contribution is 7.99. The van der Waals surface area contributed by atoms with Gasteiger partial charge < -0.3 is 14.0 Å². The van der Waals surface area contributed by atoms with Gasteiger partial charge in [-0.25, -0.2) is 0 Å². The van der Waals surface area contributed by atoms with Gasteiger partial charge in [0.2, 0.25) is 0 Å². The van der Waals surface area contributed by atoms with Gasteiger partial charge in [0.05, 0.1) is 10.2 Å². The molecule has 26 heavy (non-hydrogen) atoms. The molecule has 5 nitrogen and oxygen atoms in total. The van der Waals surface area contributed by atoms with E-state index in [2.05, 4.69) is 11.9 Å². The number of ether oxygens (including phenoxy) is 2. The van der Waals surface area contributed by atoms with E-state index >= 15 is 0 Å². The fourth-order valence-electron chi connectivity index (χ4n) is 2.78.